The van der Waals surface area contributed by atoms with E-state index in [0.717, 1.165) is 0 Å². The zero-order valence-electron chi connectivity index (χ0n) is 9.15. The molecule has 0 spiro atoms. The van der Waals surface area contributed by atoms with Gasteiger partial charge in [-0.2, -0.15) is 0 Å². The fraction of sp³-hybridized carbons (Fsp3) is 0. The molecule has 0 aliphatic carbocycles. The van der Waals surface area contributed by atoms with Gasteiger partial charge in [-0.15, -0.1) is 0 Å². The molecule has 92 valence electrons. The minimum Gasteiger partial charge on any atom is -0.396 e. The molecule has 2 aromatic rings. The van der Waals surface area contributed by atoms with Gasteiger partial charge in [-0.05, 0) is 24.3 Å². The van der Waals surface area contributed by atoms with Crippen molar-refractivity contribution in [2.24, 2.45) is 0 Å². The van der Waals surface area contributed by atoms with Crippen molar-refractivity contribution in [3.63, 3.8) is 0 Å². The fourth-order valence-corrected chi connectivity index (χ4v) is 1.87. The largest absolute Gasteiger partial charge is 0.396 e. The van der Waals surface area contributed by atoms with Gasteiger partial charge in [-0.3, -0.25) is 9.78 Å². The first-order valence-corrected chi connectivity index (χ1v) is 5.83. The average molecular weight is 310 g/mol. The van der Waals surface area contributed by atoms with Gasteiger partial charge in [0.15, 0.2) is 5.82 Å². The molecule has 4 nitrogen and oxygen atoms in total. The van der Waals surface area contributed by atoms with Crippen molar-refractivity contribution in [1.82, 2.24) is 4.98 Å². The first-order valence-electron chi connectivity index (χ1n) is 5.04. The molecule has 0 saturated heterocycles. The number of carbonyl (C=O) groups excluding carboxylic acids is 1. The van der Waals surface area contributed by atoms with E-state index in [1.165, 1.54) is 18.3 Å². The van der Waals surface area contributed by atoms with Gasteiger partial charge in [0, 0.05) is 16.9 Å². The number of nitrogens with zero attached hydrogens (tertiary/aromatic N) is 1. The molecule has 0 aliphatic heterocycles. The second-order valence-electron chi connectivity index (χ2n) is 3.55. The van der Waals surface area contributed by atoms with Crippen molar-refractivity contribution >= 4 is 33.2 Å². The predicted octanol–water partition coefficient (Wildman–Crippen LogP) is 2.82. The Balaban J connectivity index is 2.28. The Morgan fingerprint density at radius 3 is 2.89 bits per heavy atom. The van der Waals surface area contributed by atoms with Gasteiger partial charge in [0.25, 0.3) is 5.91 Å². The summed E-state index contributed by atoms with van der Waals surface area (Å²) in [5.74, 6) is -1.10. The maximum atomic E-state index is 13.7. The minimum absolute atomic E-state index is 0.0238. The van der Waals surface area contributed by atoms with Gasteiger partial charge in [-0.25, -0.2) is 4.39 Å². The Bertz CT molecular complexity index is 589. The average Bonchev–Trinajstić information content (AvgIpc) is 2.36. The van der Waals surface area contributed by atoms with E-state index in [9.17, 15) is 9.18 Å². The smallest absolute Gasteiger partial charge is 0.257 e. The summed E-state index contributed by atoms with van der Waals surface area (Å²) in [5.41, 5.74) is 5.80. The molecule has 0 unspecified atom stereocenters. The van der Waals surface area contributed by atoms with Crippen molar-refractivity contribution in [1.29, 1.82) is 0 Å². The summed E-state index contributed by atoms with van der Waals surface area (Å²) in [5, 5.41) is 2.44. The molecular weight excluding hydrogens is 301 g/mol. The number of anilines is 2. The summed E-state index contributed by atoms with van der Waals surface area (Å²) >= 11 is 3.18. The molecule has 0 radical (unpaired) electrons. The van der Waals surface area contributed by atoms with Crippen LogP contribution in [0.4, 0.5) is 15.8 Å². The molecule has 0 atom stereocenters. The van der Waals surface area contributed by atoms with Crippen LogP contribution in [-0.2, 0) is 0 Å². The number of carbonyl (C=O) groups is 1. The first-order chi connectivity index (χ1) is 8.58. The number of amides is 1. The number of hydrogen-bond acceptors (Lipinski definition) is 3. The van der Waals surface area contributed by atoms with Crippen LogP contribution in [0.3, 0.4) is 0 Å². The first kappa shape index (κ1) is 12.5. The number of benzene rings is 1. The van der Waals surface area contributed by atoms with E-state index in [4.69, 9.17) is 5.73 Å². The fourth-order valence-electron chi connectivity index (χ4n) is 1.39. The van der Waals surface area contributed by atoms with E-state index in [2.05, 4.69) is 26.2 Å². The van der Waals surface area contributed by atoms with Gasteiger partial charge in [0.05, 0.1) is 16.9 Å². The molecule has 0 fully saturated rings. The monoisotopic (exact) mass is 309 g/mol. The van der Waals surface area contributed by atoms with Crippen LogP contribution in [0.1, 0.15) is 10.4 Å². The van der Waals surface area contributed by atoms with Crippen LogP contribution in [0.5, 0.6) is 0 Å². The van der Waals surface area contributed by atoms with Crippen LogP contribution in [0.15, 0.2) is 41.1 Å². The molecule has 18 heavy (non-hydrogen) atoms. The lowest BCUT2D eigenvalue weighted by Gasteiger charge is -2.08. The van der Waals surface area contributed by atoms with Gasteiger partial charge in [-0.1, -0.05) is 15.9 Å². The number of nitrogen functional groups attached to an aromatic ring is 1. The maximum absolute atomic E-state index is 13.7. The summed E-state index contributed by atoms with van der Waals surface area (Å²) in [6.07, 6.45) is 2.95. The van der Waals surface area contributed by atoms with Gasteiger partial charge < -0.3 is 11.1 Å². The van der Waals surface area contributed by atoms with Crippen LogP contribution in [0, 0.1) is 5.82 Å². The molecule has 1 amide bonds. The van der Waals surface area contributed by atoms with Crippen LogP contribution < -0.4 is 11.1 Å². The third-order valence-electron chi connectivity index (χ3n) is 2.24. The number of rotatable bonds is 2. The predicted molar refractivity (Wildman–Crippen MR) is 70.7 cm³/mol. The summed E-state index contributed by atoms with van der Waals surface area (Å²) in [6.45, 7) is 0. The zero-order chi connectivity index (χ0) is 13.1. The van der Waals surface area contributed by atoms with E-state index in [-0.39, 0.29) is 11.4 Å². The second kappa shape index (κ2) is 5.14. The van der Waals surface area contributed by atoms with Crippen LogP contribution in [0.2, 0.25) is 0 Å². The Labute approximate surface area is 111 Å². The molecule has 1 aromatic carbocycles. The summed E-state index contributed by atoms with van der Waals surface area (Å²) in [4.78, 5) is 15.6. The molecule has 0 aliphatic rings. The highest BCUT2D eigenvalue weighted by atomic mass is 79.9. The van der Waals surface area contributed by atoms with Gasteiger partial charge in [0.1, 0.15) is 0 Å². The quantitative estimate of drug-likeness (QED) is 0.838. The van der Waals surface area contributed by atoms with E-state index in [1.54, 1.807) is 18.3 Å². The van der Waals surface area contributed by atoms with Crippen molar-refractivity contribution in [3.05, 3.63) is 52.5 Å². The Kier molecular flexibility index (Phi) is 3.57. The SMILES string of the molecule is Nc1cc(Br)cc(NC(=O)c2cccnc2)c1F. The number of hydrogen-bond donors (Lipinski definition) is 2. The van der Waals surface area contributed by atoms with Crippen LogP contribution >= 0.6 is 15.9 Å². The number of pyridine rings is 1. The number of nitrogens with one attached hydrogen (secondary N) is 1. The highest BCUT2D eigenvalue weighted by molar-refractivity contribution is 9.10. The summed E-state index contributed by atoms with van der Waals surface area (Å²) in [6, 6.07) is 6.08. The second-order valence-corrected chi connectivity index (χ2v) is 4.47. The van der Waals surface area contributed by atoms with Crippen LogP contribution in [-0.4, -0.2) is 10.9 Å². The van der Waals surface area contributed by atoms with Crippen molar-refractivity contribution in [2.45, 2.75) is 0 Å². The van der Waals surface area contributed by atoms with E-state index in [0.29, 0.717) is 10.0 Å². The lowest BCUT2D eigenvalue weighted by atomic mass is 10.2. The standard InChI is InChI=1S/C12H9BrFN3O/c13-8-4-9(15)11(14)10(5-8)17-12(18)7-2-1-3-16-6-7/h1-6H,15H2,(H,17,18). The number of nitrogens with two attached hydrogens (primary N) is 1. The number of aromatic nitrogens is 1. The lowest BCUT2D eigenvalue weighted by Crippen LogP contribution is -2.13. The molecule has 1 heterocycles. The normalized spacial score (nSPS) is 10.1. The zero-order valence-corrected chi connectivity index (χ0v) is 10.7. The van der Waals surface area contributed by atoms with Crippen molar-refractivity contribution in [2.75, 3.05) is 11.1 Å². The molecule has 6 heteroatoms. The van der Waals surface area contributed by atoms with Gasteiger partial charge >= 0.3 is 0 Å². The van der Waals surface area contributed by atoms with Crippen molar-refractivity contribution < 1.29 is 9.18 Å². The molecule has 3 N–H and O–H groups in total. The molecule has 0 saturated carbocycles. The Morgan fingerprint density at radius 1 is 1.44 bits per heavy atom. The highest BCUT2D eigenvalue weighted by Crippen LogP contribution is 2.26. The summed E-state index contributed by atoms with van der Waals surface area (Å²) < 4.78 is 14.3. The Morgan fingerprint density at radius 2 is 2.22 bits per heavy atom. The molecule has 1 aromatic heterocycles. The molecule has 0 bridgehead atoms. The maximum Gasteiger partial charge on any atom is 0.257 e. The van der Waals surface area contributed by atoms with E-state index < -0.39 is 11.7 Å². The summed E-state index contributed by atoms with van der Waals surface area (Å²) in [7, 11) is 0. The third kappa shape index (κ3) is 2.65. The van der Waals surface area contributed by atoms with Gasteiger partial charge in [0.2, 0.25) is 0 Å². The molecule has 2 rings (SSSR count). The topological polar surface area (TPSA) is 68.0 Å². The van der Waals surface area contributed by atoms with E-state index >= 15 is 0 Å². The lowest BCUT2D eigenvalue weighted by molar-refractivity contribution is 0.102. The number of halogens is 2. The van der Waals surface area contributed by atoms with Crippen LogP contribution in [0.25, 0.3) is 0 Å². The van der Waals surface area contributed by atoms with Crippen molar-refractivity contribution in [3.8, 4) is 0 Å². The van der Waals surface area contributed by atoms with E-state index in [1.807, 2.05) is 0 Å². The third-order valence-corrected chi connectivity index (χ3v) is 2.70. The highest BCUT2D eigenvalue weighted by Gasteiger charge is 2.12. The minimum atomic E-state index is -0.657. The molecular formula is C12H9BrFN3O. The Hall–Kier alpha value is -1.95.